The number of ether oxygens (including phenoxy) is 1. The van der Waals surface area contributed by atoms with Crippen molar-refractivity contribution in [3.8, 4) is 0 Å². The lowest BCUT2D eigenvalue weighted by molar-refractivity contribution is -0.215. The molecule has 2 rings (SSSR count). The van der Waals surface area contributed by atoms with Crippen molar-refractivity contribution in [3.63, 3.8) is 0 Å². The van der Waals surface area contributed by atoms with E-state index < -0.39 is 29.4 Å². The van der Waals surface area contributed by atoms with E-state index in [2.05, 4.69) is 0 Å². The van der Waals surface area contributed by atoms with Gasteiger partial charge in [0.15, 0.2) is 11.4 Å². The number of hydrogen-bond acceptors (Lipinski definition) is 6. The minimum Gasteiger partial charge on any atom is -0.457 e. The van der Waals surface area contributed by atoms with Crippen molar-refractivity contribution in [1.82, 2.24) is 0 Å². The monoisotopic (exact) mass is 368 g/mol. The standard InChI is InChI=1S/C20H32O6/c1-11(2)13-9-15-18(4,10-14(13)22)8-7-16(20(15,6)25)26-17(23)19(5,24)12(3)21/h12,15-16,21,24-25H,7-10H2,1-6H3. The minimum atomic E-state index is -2.04. The lowest BCUT2D eigenvalue weighted by Crippen LogP contribution is -2.61. The van der Waals surface area contributed by atoms with Crippen molar-refractivity contribution in [2.75, 3.05) is 0 Å². The average Bonchev–Trinajstić information content (AvgIpc) is 2.48. The van der Waals surface area contributed by atoms with Gasteiger partial charge in [0, 0.05) is 12.3 Å². The van der Waals surface area contributed by atoms with Crippen LogP contribution < -0.4 is 0 Å². The zero-order chi connectivity index (χ0) is 20.1. The van der Waals surface area contributed by atoms with Crippen molar-refractivity contribution in [3.05, 3.63) is 11.1 Å². The SMILES string of the molecule is CC(C)=C1CC2C(C)(CCC(OC(=O)C(C)(O)C(C)O)C2(C)O)CC1=O. The Morgan fingerprint density at radius 3 is 2.42 bits per heavy atom. The summed E-state index contributed by atoms with van der Waals surface area (Å²) in [5, 5.41) is 31.0. The Kier molecular flexibility index (Phi) is 5.45. The molecule has 6 atom stereocenters. The highest BCUT2D eigenvalue weighted by Gasteiger charge is 2.58. The van der Waals surface area contributed by atoms with E-state index in [0.29, 0.717) is 25.7 Å². The van der Waals surface area contributed by atoms with Crippen molar-refractivity contribution in [2.45, 2.75) is 90.6 Å². The minimum absolute atomic E-state index is 0.132. The number of aliphatic hydroxyl groups excluding tert-OH is 1. The van der Waals surface area contributed by atoms with Crippen LogP contribution >= 0.6 is 0 Å². The fourth-order valence-corrected chi connectivity index (χ4v) is 4.39. The third-order valence-electron chi connectivity index (χ3n) is 6.57. The van der Waals surface area contributed by atoms with Crippen LogP contribution in [0.25, 0.3) is 0 Å². The quantitative estimate of drug-likeness (QED) is 0.519. The second-order valence-electron chi connectivity index (χ2n) is 8.97. The molecule has 148 valence electrons. The number of aliphatic hydroxyl groups is 3. The van der Waals surface area contributed by atoms with E-state index in [0.717, 1.165) is 11.1 Å². The van der Waals surface area contributed by atoms with E-state index in [-0.39, 0.29) is 17.1 Å². The first-order valence-electron chi connectivity index (χ1n) is 9.27. The molecule has 0 amide bonds. The highest BCUT2D eigenvalue weighted by atomic mass is 16.6. The molecule has 6 nitrogen and oxygen atoms in total. The van der Waals surface area contributed by atoms with Crippen LogP contribution in [0.1, 0.15) is 67.2 Å². The molecule has 0 aromatic carbocycles. The summed E-state index contributed by atoms with van der Waals surface area (Å²) in [5.41, 5.74) is -2.03. The molecule has 0 aliphatic heterocycles. The van der Waals surface area contributed by atoms with E-state index in [1.807, 2.05) is 20.8 Å². The van der Waals surface area contributed by atoms with Crippen LogP contribution in [0.4, 0.5) is 0 Å². The van der Waals surface area contributed by atoms with Gasteiger partial charge in [0.2, 0.25) is 0 Å². The molecule has 0 aromatic heterocycles. The maximum Gasteiger partial charge on any atom is 0.340 e. The summed E-state index contributed by atoms with van der Waals surface area (Å²) >= 11 is 0. The number of hydrogen-bond donors (Lipinski definition) is 3. The van der Waals surface area contributed by atoms with Crippen molar-refractivity contribution >= 4 is 11.8 Å². The van der Waals surface area contributed by atoms with Crippen LogP contribution in [0.3, 0.4) is 0 Å². The van der Waals surface area contributed by atoms with Crippen LogP contribution in [0, 0.1) is 11.3 Å². The summed E-state index contributed by atoms with van der Waals surface area (Å²) in [5.74, 6) is -1.05. The Hall–Kier alpha value is -1.24. The molecule has 0 saturated heterocycles. The molecule has 2 saturated carbocycles. The normalized spacial score (nSPS) is 38.2. The molecule has 2 aliphatic carbocycles. The second-order valence-corrected chi connectivity index (χ2v) is 8.97. The molecule has 0 aromatic rings. The van der Waals surface area contributed by atoms with Gasteiger partial charge in [-0.25, -0.2) is 4.79 Å². The predicted octanol–water partition coefficient (Wildman–Crippen LogP) is 1.90. The average molecular weight is 368 g/mol. The van der Waals surface area contributed by atoms with E-state index in [9.17, 15) is 24.9 Å². The number of rotatable bonds is 3. The number of Topliss-reactive ketones (excluding diaryl/α,β-unsaturated/α-hetero) is 1. The summed E-state index contributed by atoms with van der Waals surface area (Å²) in [4.78, 5) is 24.8. The molecule has 0 heterocycles. The topological polar surface area (TPSA) is 104 Å². The number of allylic oxidation sites excluding steroid dienone is 2. The van der Waals surface area contributed by atoms with Gasteiger partial charge < -0.3 is 20.1 Å². The van der Waals surface area contributed by atoms with E-state index in [1.54, 1.807) is 6.92 Å². The van der Waals surface area contributed by atoms with Crippen LogP contribution in [0.15, 0.2) is 11.1 Å². The van der Waals surface area contributed by atoms with Gasteiger partial charge in [-0.05, 0) is 64.9 Å². The Bertz CT molecular complexity index is 626. The zero-order valence-electron chi connectivity index (χ0n) is 16.6. The highest BCUT2D eigenvalue weighted by Crippen LogP contribution is 2.55. The lowest BCUT2D eigenvalue weighted by Gasteiger charge is -2.55. The van der Waals surface area contributed by atoms with Crippen LogP contribution in [-0.4, -0.2) is 50.5 Å². The predicted molar refractivity (Wildman–Crippen MR) is 96.3 cm³/mol. The van der Waals surface area contributed by atoms with Gasteiger partial charge in [-0.3, -0.25) is 4.79 Å². The van der Waals surface area contributed by atoms with Gasteiger partial charge in [-0.2, -0.15) is 0 Å². The number of ketones is 1. The maximum atomic E-state index is 12.5. The van der Waals surface area contributed by atoms with Gasteiger partial charge in [0.25, 0.3) is 0 Å². The first-order chi connectivity index (χ1) is 11.7. The summed E-state index contributed by atoms with van der Waals surface area (Å²) < 4.78 is 5.45. The van der Waals surface area contributed by atoms with Crippen molar-refractivity contribution in [2.24, 2.45) is 11.3 Å². The lowest BCUT2D eigenvalue weighted by atomic mass is 9.53. The largest absolute Gasteiger partial charge is 0.457 e. The fourth-order valence-electron chi connectivity index (χ4n) is 4.39. The van der Waals surface area contributed by atoms with E-state index >= 15 is 0 Å². The first kappa shape index (κ1) is 21.1. The Morgan fingerprint density at radius 2 is 1.92 bits per heavy atom. The van der Waals surface area contributed by atoms with Crippen LogP contribution in [0.5, 0.6) is 0 Å². The Morgan fingerprint density at radius 1 is 1.35 bits per heavy atom. The van der Waals surface area contributed by atoms with Crippen molar-refractivity contribution < 1.29 is 29.6 Å². The zero-order valence-corrected chi connectivity index (χ0v) is 16.6. The molecule has 2 fully saturated rings. The van der Waals surface area contributed by atoms with Crippen LogP contribution in [0.2, 0.25) is 0 Å². The van der Waals surface area contributed by atoms with Gasteiger partial charge in [-0.1, -0.05) is 12.5 Å². The molecule has 3 N–H and O–H groups in total. The van der Waals surface area contributed by atoms with Gasteiger partial charge in [-0.15, -0.1) is 0 Å². The fraction of sp³-hybridized carbons (Fsp3) is 0.800. The van der Waals surface area contributed by atoms with Gasteiger partial charge in [0.1, 0.15) is 11.7 Å². The molecule has 6 unspecified atom stereocenters. The Balaban J connectivity index is 2.29. The molecule has 0 bridgehead atoms. The van der Waals surface area contributed by atoms with Crippen LogP contribution in [-0.2, 0) is 14.3 Å². The third kappa shape index (κ3) is 3.47. The second kappa shape index (κ2) is 6.73. The van der Waals surface area contributed by atoms with Gasteiger partial charge in [0.05, 0.1) is 6.10 Å². The first-order valence-corrected chi connectivity index (χ1v) is 9.27. The number of esters is 1. The molecule has 0 spiro atoms. The van der Waals surface area contributed by atoms with Gasteiger partial charge >= 0.3 is 5.97 Å². The molecule has 0 radical (unpaired) electrons. The molecule has 6 heteroatoms. The number of carbonyl (C=O) groups excluding carboxylic acids is 2. The number of fused-ring (bicyclic) bond motifs is 1. The third-order valence-corrected chi connectivity index (χ3v) is 6.57. The smallest absolute Gasteiger partial charge is 0.340 e. The summed E-state index contributed by atoms with van der Waals surface area (Å²) in [6, 6.07) is 0. The maximum absolute atomic E-state index is 12.5. The molecular formula is C20H32O6. The van der Waals surface area contributed by atoms with E-state index in [4.69, 9.17) is 4.74 Å². The number of carbonyl (C=O) groups is 2. The highest BCUT2D eigenvalue weighted by molar-refractivity contribution is 5.97. The molecular weight excluding hydrogens is 336 g/mol. The Labute approximate surface area is 155 Å². The molecule has 26 heavy (non-hydrogen) atoms. The summed E-state index contributed by atoms with van der Waals surface area (Å²) in [6.45, 7) is 9.95. The van der Waals surface area contributed by atoms with Crippen molar-refractivity contribution in [1.29, 1.82) is 0 Å². The van der Waals surface area contributed by atoms with E-state index in [1.165, 1.54) is 13.8 Å². The molecule has 2 aliphatic rings. The summed E-state index contributed by atoms with van der Waals surface area (Å²) in [7, 11) is 0. The summed E-state index contributed by atoms with van der Waals surface area (Å²) in [6.07, 6.45) is -0.224.